The summed E-state index contributed by atoms with van der Waals surface area (Å²) in [5, 5.41) is 57.6. The molecule has 1 aromatic heterocycles. The maximum atomic E-state index is 12.5. The van der Waals surface area contributed by atoms with Gasteiger partial charge >= 0.3 is 0 Å². The molecule has 34 heteroatoms. The van der Waals surface area contributed by atoms with Gasteiger partial charge < -0.3 is 20.7 Å². The van der Waals surface area contributed by atoms with Gasteiger partial charge in [0, 0.05) is 45.1 Å². The molecule has 1 aliphatic rings. The molecule has 0 amide bonds. The zero-order chi connectivity index (χ0) is 62.4. The number of ether oxygens (including phenoxy) is 1. The van der Waals surface area contributed by atoms with Gasteiger partial charge in [0.15, 0.2) is 5.00 Å². The van der Waals surface area contributed by atoms with Crippen molar-refractivity contribution in [2.24, 2.45) is 36.6 Å². The van der Waals surface area contributed by atoms with Crippen LogP contribution in [0.15, 0.2) is 177 Å². The van der Waals surface area contributed by atoms with Crippen LogP contribution in [0.1, 0.15) is 43.0 Å². The molecule has 5 aromatic rings. The highest BCUT2D eigenvalue weighted by molar-refractivity contribution is 7.95. The van der Waals surface area contributed by atoms with Crippen molar-refractivity contribution in [2.45, 2.75) is 54.6 Å². The number of allylic oxidation sites excluding steroid dienone is 4. The number of nitrogens with one attached hydrogen (secondary N) is 3. The summed E-state index contributed by atoms with van der Waals surface area (Å²) in [6.07, 6.45) is 3.77. The summed E-state index contributed by atoms with van der Waals surface area (Å²) in [6.45, 7) is 12.7. The summed E-state index contributed by atoms with van der Waals surface area (Å²) in [5.41, 5.74) is 0.245. The maximum absolute atomic E-state index is 12.5. The molecule has 84 heavy (non-hydrogen) atoms. The van der Waals surface area contributed by atoms with Crippen LogP contribution < -0.4 is 20.7 Å². The van der Waals surface area contributed by atoms with E-state index in [0.29, 0.717) is 34.0 Å². The van der Waals surface area contributed by atoms with E-state index in [1.807, 2.05) is 0 Å². The fourth-order valence-electron chi connectivity index (χ4n) is 7.70. The van der Waals surface area contributed by atoms with Gasteiger partial charge in [0.25, 0.3) is 50.6 Å². The van der Waals surface area contributed by atoms with Gasteiger partial charge in [-0.2, -0.15) is 68.0 Å². The Hall–Kier alpha value is -8.16. The average molecular weight is 1280 g/mol. The number of hydrogen-bond acceptors (Lipinski definition) is 23. The van der Waals surface area contributed by atoms with Gasteiger partial charge in [-0.25, -0.2) is 0 Å². The highest BCUT2D eigenvalue weighted by Crippen LogP contribution is 2.49. The third kappa shape index (κ3) is 15.7. The minimum absolute atomic E-state index is 0.0108. The molecule has 27 nitrogen and oxygen atoms in total. The Kier molecular flexibility index (Phi) is 19.9. The molecule has 0 radical (unpaired) electrons. The van der Waals surface area contributed by atoms with Crippen LogP contribution in [0.5, 0.6) is 5.75 Å². The van der Waals surface area contributed by atoms with Gasteiger partial charge in [-0.3, -0.25) is 22.8 Å². The normalized spacial score (nSPS) is 16.7. The van der Waals surface area contributed by atoms with Crippen molar-refractivity contribution in [3.63, 3.8) is 0 Å². The predicted octanol–water partition coefficient (Wildman–Crippen LogP) is 10.7. The largest absolute Gasteiger partial charge is 0.494 e. The molecule has 0 fully saturated rings. The molecule has 4 aromatic carbocycles. The molecule has 0 spiro atoms. The summed E-state index contributed by atoms with van der Waals surface area (Å²) in [6, 6.07) is 18.4. The van der Waals surface area contributed by atoms with Crippen molar-refractivity contribution in [1.82, 2.24) is 10.6 Å². The molecule has 0 saturated heterocycles. The molecule has 3 unspecified atom stereocenters. The summed E-state index contributed by atoms with van der Waals surface area (Å²) in [4.78, 5) is -4.59. The maximum Gasteiger partial charge on any atom is 0.295 e. The van der Waals surface area contributed by atoms with Crippen LogP contribution in [0, 0.1) is 35.5 Å². The van der Waals surface area contributed by atoms with Gasteiger partial charge in [-0.15, -0.1) is 15.3 Å². The smallest absolute Gasteiger partial charge is 0.295 e. The van der Waals surface area contributed by atoms with Crippen molar-refractivity contribution in [3.8, 4) is 29.0 Å². The Balaban J connectivity index is 1.42. The molecule has 1 aliphatic heterocycles. The lowest BCUT2D eigenvalue weighted by Gasteiger charge is -2.37. The predicted molar refractivity (Wildman–Crippen MR) is 310 cm³/mol. The first-order valence-corrected chi connectivity index (χ1v) is 31.8. The lowest BCUT2D eigenvalue weighted by atomic mass is 9.88. The van der Waals surface area contributed by atoms with Gasteiger partial charge in [0.1, 0.15) is 51.0 Å². The van der Waals surface area contributed by atoms with Crippen molar-refractivity contribution < 1.29 is 69.6 Å². The number of anilines is 1. The average Bonchev–Trinajstić information content (AvgIpc) is 2.92. The minimum atomic E-state index is -5.37. The number of thiophene rings is 1. The van der Waals surface area contributed by atoms with Crippen LogP contribution in [0.25, 0.3) is 22.1 Å². The number of hydrogen-bond donors (Lipinski definition) is 8. The van der Waals surface area contributed by atoms with Gasteiger partial charge in [0.2, 0.25) is 0 Å². The Morgan fingerprint density at radius 2 is 1.43 bits per heavy atom. The molecule has 440 valence electrons. The van der Waals surface area contributed by atoms with Crippen LogP contribution >= 0.6 is 22.9 Å². The number of nitriles is 2. The Bertz CT molecular complexity index is 4430. The first kappa shape index (κ1) is 65.0. The SMILES string of the molecule is C=C(/C=C\C(=C/C)NC1NC(Nc2ccc(S(=O)(=O)O)cc2)=C(C#N)C(C)C1/N=N/c1sc(/N=N/c2cc(C)c(/N=N/C(C)=C/c3c(C(=C)S(=O)(=O)O)cc(S(=O)(=O)O)cc3S(=O)(=O)O)cc2OC)c(-c2ccc(Cl)cc2)c1C#N)S(=O)(=O)O. The van der Waals surface area contributed by atoms with E-state index in [9.17, 15) is 75.4 Å². The summed E-state index contributed by atoms with van der Waals surface area (Å²) in [7, 11) is -23.7. The Morgan fingerprint density at radius 3 is 1.98 bits per heavy atom. The standard InChI is InChI=1S/C50H46ClN11O16S6/c1-8-33(14-9-28(4)80(63,64)65)54-48-46(29(5)39(24-52)47(56-48)55-34-15-17-35(18-16-34)82(69,70)71)60-61-49-40(25-53)45(31-10-12-32(51)13-11-31)50(79-49)62-59-42-19-26(2)41(23-43(42)78-7)58-57-27(3)20-38-37(30(6)81(66,67)68)21-36(83(72,73)74)22-44(38)84(75,76)77/h8-23,29,46,48,54-56H,4,6H2,1-3,5,7H3,(H,63,64,65)(H,66,67,68)(H,69,70,71)(H,72,73,74)(H,75,76,77)/b14-9-,27-20+,33-8+,58-57+,61-60+,62-59+. The van der Waals surface area contributed by atoms with E-state index < -0.39 is 104 Å². The second-order valence-corrected chi connectivity index (χ2v) is 26.2. The molecule has 0 saturated carbocycles. The quantitative estimate of drug-likeness (QED) is 0.0192. The molecule has 3 atom stereocenters. The molecule has 6 rings (SSSR count). The number of rotatable bonds is 21. The minimum Gasteiger partial charge on any atom is -0.494 e. The Labute approximate surface area is 491 Å². The van der Waals surface area contributed by atoms with Crippen LogP contribution in [0.4, 0.5) is 27.1 Å². The second kappa shape index (κ2) is 25.8. The number of aryl methyl sites for hydroxylation is 1. The highest BCUT2D eigenvalue weighted by Gasteiger charge is 2.38. The fourth-order valence-corrected chi connectivity index (χ4v) is 11.3. The zero-order valence-corrected chi connectivity index (χ0v) is 49.7. The fraction of sp³-hybridized carbons (Fsp3) is 0.160. The van der Waals surface area contributed by atoms with E-state index in [0.717, 1.165) is 35.6 Å². The van der Waals surface area contributed by atoms with E-state index in [4.69, 9.17) is 16.3 Å². The third-order valence-corrected chi connectivity index (χ3v) is 17.4. The van der Waals surface area contributed by atoms with E-state index in [1.165, 1.54) is 44.4 Å². The van der Waals surface area contributed by atoms with Gasteiger partial charge in [-0.05, 0) is 105 Å². The topological polar surface area (TPSA) is 439 Å². The zero-order valence-electron chi connectivity index (χ0n) is 44.0. The second-order valence-electron chi connectivity index (χ2n) is 17.6. The number of benzene rings is 4. The molecular formula is C50H46ClN11O16S6. The summed E-state index contributed by atoms with van der Waals surface area (Å²) >= 11 is 7.15. The van der Waals surface area contributed by atoms with Gasteiger partial charge in [0.05, 0.1) is 49.7 Å². The molecular weight excluding hydrogens is 1240 g/mol. The molecule has 0 bridgehead atoms. The van der Waals surface area contributed by atoms with E-state index in [2.05, 4.69) is 71.9 Å². The lowest BCUT2D eigenvalue weighted by Crippen LogP contribution is -2.55. The number of halogens is 1. The molecule has 2 heterocycles. The van der Waals surface area contributed by atoms with Crippen LogP contribution in [0.2, 0.25) is 5.02 Å². The van der Waals surface area contributed by atoms with Crippen molar-refractivity contribution in [2.75, 3.05) is 12.4 Å². The van der Waals surface area contributed by atoms with Crippen LogP contribution in [0.3, 0.4) is 0 Å². The monoisotopic (exact) mass is 1280 g/mol. The molecule has 8 N–H and O–H groups in total. The van der Waals surface area contributed by atoms with Crippen LogP contribution in [-0.4, -0.2) is 84.2 Å². The van der Waals surface area contributed by atoms with E-state index in [1.54, 1.807) is 51.1 Å². The summed E-state index contributed by atoms with van der Waals surface area (Å²) < 4.78 is 174. The van der Waals surface area contributed by atoms with E-state index >= 15 is 0 Å². The third-order valence-electron chi connectivity index (χ3n) is 11.9. The van der Waals surface area contributed by atoms with Crippen molar-refractivity contribution >= 4 is 112 Å². The number of azo groups is 3. The lowest BCUT2D eigenvalue weighted by molar-refractivity contribution is 0.329. The van der Waals surface area contributed by atoms with Crippen LogP contribution in [-0.2, 0) is 50.6 Å². The first-order chi connectivity index (χ1) is 39.1. The van der Waals surface area contributed by atoms with Gasteiger partial charge in [-0.1, -0.05) is 61.2 Å². The Morgan fingerprint density at radius 1 is 0.786 bits per heavy atom. The molecule has 0 aliphatic carbocycles. The highest BCUT2D eigenvalue weighted by atomic mass is 35.5. The van der Waals surface area contributed by atoms with Crippen molar-refractivity contribution in [3.05, 3.63) is 159 Å². The van der Waals surface area contributed by atoms with Crippen molar-refractivity contribution in [1.29, 1.82) is 10.5 Å². The number of methoxy groups -OCH3 is 1. The first-order valence-electron chi connectivity index (χ1n) is 23.4. The van der Waals surface area contributed by atoms with E-state index in [-0.39, 0.29) is 61.0 Å². The number of nitrogens with zero attached hydrogens (tertiary/aromatic N) is 8. The summed E-state index contributed by atoms with van der Waals surface area (Å²) in [5.74, 6) is -0.609.